The maximum atomic E-state index is 5.80. The summed E-state index contributed by atoms with van der Waals surface area (Å²) >= 11 is 0. The van der Waals surface area contributed by atoms with Gasteiger partial charge in [0.1, 0.15) is 12.2 Å². The van der Waals surface area contributed by atoms with Crippen molar-refractivity contribution < 1.29 is 4.74 Å². The quantitative estimate of drug-likeness (QED) is 0.563. The predicted molar refractivity (Wildman–Crippen MR) is 81.2 cm³/mol. The van der Waals surface area contributed by atoms with Crippen LogP contribution < -0.4 is 0 Å². The van der Waals surface area contributed by atoms with E-state index < -0.39 is 0 Å². The molecule has 0 bridgehead atoms. The Balaban J connectivity index is 2.30. The maximum Gasteiger partial charge on any atom is 0.114 e. The number of hydrogen-bond donors (Lipinski definition) is 0. The first-order valence-electron chi connectivity index (χ1n) is 6.45. The van der Waals surface area contributed by atoms with Crippen LogP contribution in [0, 0.1) is 0 Å². The molecule has 0 aromatic rings. The van der Waals surface area contributed by atoms with Crippen LogP contribution in [-0.2, 0) is 4.74 Å². The molecule has 2 atom stereocenters. The summed E-state index contributed by atoms with van der Waals surface area (Å²) in [4.78, 5) is 7.91. The molecule has 1 aliphatic carbocycles. The molecule has 1 aliphatic heterocycles. The van der Waals surface area contributed by atoms with E-state index in [1.54, 1.807) is 26.5 Å². The van der Waals surface area contributed by atoms with Gasteiger partial charge in [0.25, 0.3) is 0 Å². The van der Waals surface area contributed by atoms with Gasteiger partial charge < -0.3 is 4.74 Å². The van der Waals surface area contributed by atoms with Crippen molar-refractivity contribution in [2.24, 2.45) is 9.98 Å². The van der Waals surface area contributed by atoms with Crippen LogP contribution in [0.5, 0.6) is 0 Å². The van der Waals surface area contributed by atoms with E-state index in [1.165, 1.54) is 22.3 Å². The van der Waals surface area contributed by atoms with Crippen LogP contribution in [0.25, 0.3) is 0 Å². The van der Waals surface area contributed by atoms with Crippen LogP contribution >= 0.6 is 0 Å². The first-order valence-corrected chi connectivity index (χ1v) is 6.45. The van der Waals surface area contributed by atoms with Crippen molar-refractivity contribution in [2.45, 2.75) is 26.1 Å². The van der Waals surface area contributed by atoms with Crippen LogP contribution in [0.4, 0.5) is 0 Å². The van der Waals surface area contributed by atoms with Gasteiger partial charge in [-0.3, -0.25) is 9.98 Å². The smallest absolute Gasteiger partial charge is 0.114 e. The summed E-state index contributed by atoms with van der Waals surface area (Å²) in [6, 6.07) is 0. The molecular weight excluding hydrogens is 236 g/mol. The largest absolute Gasteiger partial charge is 0.359 e. The fourth-order valence-corrected chi connectivity index (χ4v) is 2.35. The zero-order valence-corrected chi connectivity index (χ0v) is 11.9. The van der Waals surface area contributed by atoms with Crippen molar-refractivity contribution in [1.29, 1.82) is 0 Å². The molecule has 1 saturated heterocycles. The highest BCUT2D eigenvalue weighted by molar-refractivity contribution is 5.74. The average Bonchev–Trinajstić information content (AvgIpc) is 3.18. The molecule has 0 amide bonds. The molecule has 0 saturated carbocycles. The van der Waals surface area contributed by atoms with E-state index in [1.807, 2.05) is 12.2 Å². The number of epoxide rings is 1. The van der Waals surface area contributed by atoms with E-state index >= 15 is 0 Å². The van der Waals surface area contributed by atoms with Gasteiger partial charge in [-0.15, -0.1) is 0 Å². The second-order valence-corrected chi connectivity index (χ2v) is 4.67. The summed E-state index contributed by atoms with van der Waals surface area (Å²) in [7, 11) is 3.54. The summed E-state index contributed by atoms with van der Waals surface area (Å²) in [6.07, 6.45) is 12.2. The maximum absolute atomic E-state index is 5.80. The summed E-state index contributed by atoms with van der Waals surface area (Å²) in [5.41, 5.74) is 5.13. The number of ether oxygens (including phenoxy) is 1. The minimum Gasteiger partial charge on any atom is -0.359 e. The molecule has 2 unspecified atom stereocenters. The molecule has 19 heavy (non-hydrogen) atoms. The van der Waals surface area contributed by atoms with E-state index in [-0.39, 0.29) is 12.2 Å². The Morgan fingerprint density at radius 2 is 1.26 bits per heavy atom. The third kappa shape index (κ3) is 2.82. The van der Waals surface area contributed by atoms with Gasteiger partial charge in [0.05, 0.1) is 0 Å². The van der Waals surface area contributed by atoms with Crippen molar-refractivity contribution in [3.63, 3.8) is 0 Å². The van der Waals surface area contributed by atoms with Gasteiger partial charge in [-0.05, 0) is 48.3 Å². The Hall–Kier alpha value is -1.74. The monoisotopic (exact) mass is 256 g/mol. The summed E-state index contributed by atoms with van der Waals surface area (Å²) in [6.45, 7) is 4.30. The predicted octanol–water partition coefficient (Wildman–Crippen LogP) is 2.91. The van der Waals surface area contributed by atoms with E-state index in [4.69, 9.17) is 4.74 Å². The van der Waals surface area contributed by atoms with Crippen LogP contribution in [-0.4, -0.2) is 38.7 Å². The molecule has 0 aromatic heterocycles. The Kier molecular flexibility index (Phi) is 4.27. The highest BCUT2D eigenvalue weighted by atomic mass is 16.6. The number of hydrogen-bond acceptors (Lipinski definition) is 3. The second kappa shape index (κ2) is 5.93. The molecule has 3 heteroatoms. The average molecular weight is 256 g/mol. The molecule has 0 radical (unpaired) electrons. The van der Waals surface area contributed by atoms with Gasteiger partial charge >= 0.3 is 0 Å². The Morgan fingerprint density at radius 1 is 0.842 bits per heavy atom. The molecule has 0 spiro atoms. The van der Waals surface area contributed by atoms with E-state index in [0.717, 1.165) is 0 Å². The van der Waals surface area contributed by atoms with Gasteiger partial charge in [0.15, 0.2) is 0 Å². The number of fused-ring (bicyclic) bond motifs is 1. The third-order valence-electron chi connectivity index (χ3n) is 3.55. The summed E-state index contributed by atoms with van der Waals surface area (Å²) in [5, 5.41) is 0. The lowest BCUT2D eigenvalue weighted by atomic mass is 9.87. The lowest BCUT2D eigenvalue weighted by Gasteiger charge is -2.15. The van der Waals surface area contributed by atoms with Crippen molar-refractivity contribution >= 4 is 12.4 Å². The van der Waals surface area contributed by atoms with Gasteiger partial charge in [0, 0.05) is 26.5 Å². The number of nitrogens with zero attached hydrogens (tertiary/aromatic N) is 2. The number of aliphatic imine (C=N–C) groups is 2. The highest BCUT2D eigenvalue weighted by Gasteiger charge is 2.46. The molecule has 0 aromatic carbocycles. The molecule has 0 N–H and O–H groups in total. The Morgan fingerprint density at radius 3 is 1.63 bits per heavy atom. The topological polar surface area (TPSA) is 37.2 Å². The third-order valence-corrected chi connectivity index (χ3v) is 3.55. The minimum absolute atomic E-state index is 0.212. The minimum atomic E-state index is 0.212. The van der Waals surface area contributed by atoms with E-state index in [9.17, 15) is 0 Å². The zero-order valence-electron chi connectivity index (χ0n) is 11.9. The van der Waals surface area contributed by atoms with Crippen molar-refractivity contribution in [2.75, 3.05) is 14.1 Å². The molecule has 2 rings (SSSR count). The van der Waals surface area contributed by atoms with E-state index in [2.05, 4.69) is 36.0 Å². The normalized spacial score (nSPS) is 27.6. The first kappa shape index (κ1) is 13.7. The molecule has 100 valence electrons. The summed E-state index contributed by atoms with van der Waals surface area (Å²) < 4.78 is 5.80. The van der Waals surface area contributed by atoms with Gasteiger partial charge in [0.2, 0.25) is 0 Å². The number of rotatable bonds is 4. The van der Waals surface area contributed by atoms with Crippen LogP contribution in [0.15, 0.2) is 56.6 Å². The fourth-order valence-electron chi connectivity index (χ4n) is 2.35. The highest BCUT2D eigenvalue weighted by Crippen LogP contribution is 2.44. The van der Waals surface area contributed by atoms with Gasteiger partial charge in [-0.1, -0.05) is 12.2 Å². The Bertz CT molecular complexity index is 485. The SMILES string of the molecule is C/N=C/C=C\C1=C(C)C(C)=C(/C=C\C=N\C)C2OC12. The lowest BCUT2D eigenvalue weighted by molar-refractivity contribution is 0.406. The van der Waals surface area contributed by atoms with E-state index in [0.29, 0.717) is 0 Å². The molecule has 1 fully saturated rings. The van der Waals surface area contributed by atoms with Crippen molar-refractivity contribution in [1.82, 2.24) is 0 Å². The molecular formula is C16H20N2O. The van der Waals surface area contributed by atoms with Gasteiger partial charge in [-0.2, -0.15) is 0 Å². The zero-order chi connectivity index (χ0) is 13.8. The first-order chi connectivity index (χ1) is 9.20. The second-order valence-electron chi connectivity index (χ2n) is 4.67. The van der Waals surface area contributed by atoms with Crippen LogP contribution in [0.2, 0.25) is 0 Å². The fraction of sp³-hybridized carbons (Fsp3) is 0.375. The van der Waals surface area contributed by atoms with Crippen molar-refractivity contribution in [3.05, 3.63) is 46.6 Å². The standard InChI is InChI=1S/C16H20N2O/c1-11-12(2)14(8-6-10-18-4)16-15(19-16)13(11)7-5-9-17-3/h5-10,15-16H,1-4H3/b7-5-,8-6-,17-9+,18-10+. The van der Waals surface area contributed by atoms with Gasteiger partial charge in [-0.25, -0.2) is 0 Å². The summed E-state index contributed by atoms with van der Waals surface area (Å²) in [5.74, 6) is 0. The van der Waals surface area contributed by atoms with Crippen molar-refractivity contribution in [3.8, 4) is 0 Å². The molecule has 3 nitrogen and oxygen atoms in total. The Labute approximate surface area is 114 Å². The van der Waals surface area contributed by atoms with Crippen LogP contribution in [0.1, 0.15) is 13.8 Å². The number of allylic oxidation sites excluding steroid dienone is 4. The van der Waals surface area contributed by atoms with Crippen LogP contribution in [0.3, 0.4) is 0 Å². The molecule has 2 aliphatic rings. The lowest BCUT2D eigenvalue weighted by Crippen LogP contribution is -2.10. The molecule has 1 heterocycles.